The second kappa shape index (κ2) is 11.4. The second-order valence-electron chi connectivity index (χ2n) is 7.17. The maximum atomic E-state index is 12.6. The number of nitrogens with zero attached hydrogens (tertiary/aromatic N) is 3. The van der Waals surface area contributed by atoms with Gasteiger partial charge in [0.2, 0.25) is 11.0 Å². The van der Waals surface area contributed by atoms with Crippen molar-refractivity contribution in [3.8, 4) is 11.5 Å². The van der Waals surface area contributed by atoms with Crippen molar-refractivity contribution in [2.75, 3.05) is 38.4 Å². The highest BCUT2D eigenvalue weighted by Crippen LogP contribution is 2.29. The third-order valence-electron chi connectivity index (χ3n) is 5.28. The lowest BCUT2D eigenvalue weighted by Crippen LogP contribution is -2.44. The molecule has 30 heavy (non-hydrogen) atoms. The number of benzene rings is 1. The summed E-state index contributed by atoms with van der Waals surface area (Å²) in [7, 11) is 3.27. The Bertz CT molecular complexity index is 830. The summed E-state index contributed by atoms with van der Waals surface area (Å²) in [6, 6.07) is 6.32. The van der Waals surface area contributed by atoms with Crippen LogP contribution < -0.4 is 14.8 Å². The number of rotatable bonds is 10. The predicted octanol–water partition coefficient (Wildman–Crippen LogP) is 4.09. The Balaban J connectivity index is 1.44. The normalized spacial score (nSPS) is 16.4. The second-order valence-corrected chi connectivity index (χ2v) is 9.37. The first-order chi connectivity index (χ1) is 14.6. The summed E-state index contributed by atoms with van der Waals surface area (Å²) in [6.07, 6.45) is 5.32. The summed E-state index contributed by atoms with van der Waals surface area (Å²) >= 11 is 2.97. The summed E-state index contributed by atoms with van der Waals surface area (Å²) in [5.74, 6) is 2.10. The molecule has 1 amide bonds. The number of methoxy groups -OCH3 is 2. The molecule has 1 aliphatic heterocycles. The highest BCUT2D eigenvalue weighted by atomic mass is 32.2. The Labute approximate surface area is 186 Å². The van der Waals surface area contributed by atoms with Gasteiger partial charge in [0.25, 0.3) is 0 Å². The highest BCUT2D eigenvalue weighted by molar-refractivity contribution is 8.01. The van der Waals surface area contributed by atoms with Crippen LogP contribution in [0.4, 0.5) is 5.13 Å². The van der Waals surface area contributed by atoms with Crippen molar-refractivity contribution in [2.24, 2.45) is 0 Å². The lowest BCUT2D eigenvalue weighted by atomic mass is 10.0. The predicted molar refractivity (Wildman–Crippen MR) is 122 cm³/mol. The molecule has 1 saturated heterocycles. The summed E-state index contributed by atoms with van der Waals surface area (Å²) in [4.78, 5) is 14.7. The number of hydrogen-bond acceptors (Lipinski definition) is 8. The molecule has 1 aromatic heterocycles. The number of ether oxygens (including phenoxy) is 2. The van der Waals surface area contributed by atoms with Gasteiger partial charge in [-0.1, -0.05) is 36.1 Å². The topological polar surface area (TPSA) is 76.6 Å². The molecule has 2 heterocycles. The van der Waals surface area contributed by atoms with Crippen LogP contribution in [0.1, 0.15) is 38.2 Å². The zero-order valence-electron chi connectivity index (χ0n) is 17.8. The molecule has 1 unspecified atom stereocenters. The molecule has 0 saturated carbocycles. The van der Waals surface area contributed by atoms with E-state index in [-0.39, 0.29) is 5.91 Å². The Hall–Kier alpha value is -2.00. The maximum absolute atomic E-state index is 12.6. The zero-order chi connectivity index (χ0) is 21.3. The minimum Gasteiger partial charge on any atom is -0.493 e. The molecule has 9 heteroatoms. The average molecular weight is 451 g/mol. The summed E-state index contributed by atoms with van der Waals surface area (Å²) in [5.41, 5.74) is 1.15. The van der Waals surface area contributed by atoms with Crippen molar-refractivity contribution in [3.05, 3.63) is 23.8 Å². The maximum Gasteiger partial charge on any atom is 0.233 e. The number of likely N-dealkylation sites (tertiary alicyclic amines) is 1. The van der Waals surface area contributed by atoms with Crippen LogP contribution in [0.3, 0.4) is 0 Å². The first kappa shape index (κ1) is 22.7. The van der Waals surface area contributed by atoms with Gasteiger partial charge in [0, 0.05) is 19.1 Å². The molecule has 1 atom stereocenters. The zero-order valence-corrected chi connectivity index (χ0v) is 19.5. The molecule has 2 aromatic rings. The number of amides is 1. The van der Waals surface area contributed by atoms with Crippen LogP contribution in [-0.2, 0) is 11.2 Å². The van der Waals surface area contributed by atoms with E-state index in [1.165, 1.54) is 29.5 Å². The molecule has 7 nitrogen and oxygen atoms in total. The van der Waals surface area contributed by atoms with Gasteiger partial charge in [-0.3, -0.25) is 4.79 Å². The summed E-state index contributed by atoms with van der Waals surface area (Å²) in [5, 5.41) is 12.5. The van der Waals surface area contributed by atoms with Gasteiger partial charge in [0.1, 0.15) is 0 Å². The average Bonchev–Trinajstić information content (AvgIpc) is 3.25. The van der Waals surface area contributed by atoms with E-state index in [0.717, 1.165) is 65.3 Å². The van der Waals surface area contributed by atoms with Crippen LogP contribution in [0.25, 0.3) is 0 Å². The lowest BCUT2D eigenvalue weighted by Gasteiger charge is -2.35. The number of nitrogens with one attached hydrogen (secondary N) is 1. The fourth-order valence-electron chi connectivity index (χ4n) is 3.65. The third kappa shape index (κ3) is 6.01. The number of anilines is 1. The minimum atomic E-state index is 0.213. The quantitative estimate of drug-likeness (QED) is 0.546. The van der Waals surface area contributed by atoms with Crippen molar-refractivity contribution in [1.29, 1.82) is 0 Å². The minimum absolute atomic E-state index is 0.213. The molecule has 0 radical (unpaired) electrons. The van der Waals surface area contributed by atoms with Gasteiger partial charge in [0.15, 0.2) is 15.8 Å². The standard InChI is InChI=1S/C21H30N4O3S2/c1-4-16-7-5-6-12-25(16)19(26)14-29-21-24-23-20(30-21)22-11-10-15-8-9-17(27-2)18(13-15)28-3/h8-9,13,16H,4-7,10-12,14H2,1-3H3,(H,22,23). The van der Waals surface area contributed by atoms with E-state index in [1.807, 2.05) is 18.2 Å². The van der Waals surface area contributed by atoms with E-state index in [4.69, 9.17) is 9.47 Å². The van der Waals surface area contributed by atoms with Crippen LogP contribution in [-0.4, -0.2) is 60.1 Å². The summed E-state index contributed by atoms with van der Waals surface area (Å²) in [6.45, 7) is 3.78. The molecular weight excluding hydrogens is 420 g/mol. The van der Waals surface area contributed by atoms with Crippen molar-refractivity contribution < 1.29 is 14.3 Å². The summed E-state index contributed by atoms with van der Waals surface area (Å²) < 4.78 is 11.4. The molecular formula is C21H30N4O3S2. The Kier molecular flexibility index (Phi) is 8.62. The molecule has 1 N–H and O–H groups in total. The largest absolute Gasteiger partial charge is 0.493 e. The first-order valence-electron chi connectivity index (χ1n) is 10.3. The molecule has 3 rings (SSSR count). The van der Waals surface area contributed by atoms with E-state index in [1.54, 1.807) is 14.2 Å². The van der Waals surface area contributed by atoms with Gasteiger partial charge >= 0.3 is 0 Å². The number of aromatic nitrogens is 2. The van der Waals surface area contributed by atoms with E-state index < -0.39 is 0 Å². The SMILES string of the molecule is CCC1CCCCN1C(=O)CSc1nnc(NCCc2ccc(OC)c(OC)c2)s1. The first-order valence-corrected chi connectivity index (χ1v) is 12.1. The van der Waals surface area contributed by atoms with Gasteiger partial charge < -0.3 is 19.7 Å². The number of hydrogen-bond donors (Lipinski definition) is 1. The van der Waals surface area contributed by atoms with Crippen molar-refractivity contribution in [1.82, 2.24) is 15.1 Å². The van der Waals surface area contributed by atoms with Gasteiger partial charge in [0.05, 0.1) is 20.0 Å². The molecule has 164 valence electrons. The molecule has 1 aliphatic rings. The lowest BCUT2D eigenvalue weighted by molar-refractivity contribution is -0.132. The van der Waals surface area contributed by atoms with E-state index in [9.17, 15) is 4.79 Å². The fourth-order valence-corrected chi connectivity index (χ4v) is 5.31. The third-order valence-corrected chi connectivity index (χ3v) is 7.28. The van der Waals surface area contributed by atoms with Gasteiger partial charge in [-0.25, -0.2) is 0 Å². The molecule has 1 fully saturated rings. The van der Waals surface area contributed by atoms with Gasteiger partial charge in [-0.15, -0.1) is 10.2 Å². The van der Waals surface area contributed by atoms with Crippen LogP contribution >= 0.6 is 23.1 Å². The number of thioether (sulfide) groups is 1. The van der Waals surface area contributed by atoms with Crippen LogP contribution in [0, 0.1) is 0 Å². The van der Waals surface area contributed by atoms with Crippen LogP contribution in [0.5, 0.6) is 11.5 Å². The van der Waals surface area contributed by atoms with E-state index in [0.29, 0.717) is 11.8 Å². The van der Waals surface area contributed by atoms with Crippen LogP contribution in [0.2, 0.25) is 0 Å². The van der Waals surface area contributed by atoms with Crippen LogP contribution in [0.15, 0.2) is 22.5 Å². The number of carbonyl (C=O) groups is 1. The molecule has 0 aliphatic carbocycles. The highest BCUT2D eigenvalue weighted by Gasteiger charge is 2.25. The molecule has 0 spiro atoms. The Morgan fingerprint density at radius 1 is 1.27 bits per heavy atom. The van der Waals surface area contributed by atoms with Crippen molar-refractivity contribution in [2.45, 2.75) is 49.4 Å². The van der Waals surface area contributed by atoms with Crippen molar-refractivity contribution in [3.63, 3.8) is 0 Å². The number of carbonyl (C=O) groups excluding carboxylic acids is 1. The van der Waals surface area contributed by atoms with E-state index in [2.05, 4.69) is 27.3 Å². The monoisotopic (exact) mass is 450 g/mol. The smallest absolute Gasteiger partial charge is 0.233 e. The molecule has 0 bridgehead atoms. The fraction of sp³-hybridized carbons (Fsp3) is 0.571. The Morgan fingerprint density at radius 3 is 2.87 bits per heavy atom. The molecule has 1 aromatic carbocycles. The van der Waals surface area contributed by atoms with Crippen molar-refractivity contribution >= 4 is 34.1 Å². The van der Waals surface area contributed by atoms with E-state index >= 15 is 0 Å². The van der Waals surface area contributed by atoms with Gasteiger partial charge in [-0.2, -0.15) is 0 Å². The van der Waals surface area contributed by atoms with Gasteiger partial charge in [-0.05, 0) is 49.8 Å². The Morgan fingerprint density at radius 2 is 2.10 bits per heavy atom. The number of piperidine rings is 1.